The normalized spacial score (nSPS) is 14.9. The third-order valence-electron chi connectivity index (χ3n) is 3.26. The van der Waals surface area contributed by atoms with E-state index in [0.717, 1.165) is 18.4 Å². The molecule has 0 aromatic rings. The van der Waals surface area contributed by atoms with Crippen molar-refractivity contribution in [3.63, 3.8) is 0 Å². The molecular formula is C14H29N. The van der Waals surface area contributed by atoms with Gasteiger partial charge < -0.3 is 5.32 Å². The van der Waals surface area contributed by atoms with E-state index in [1.807, 2.05) is 6.08 Å². The fourth-order valence-corrected chi connectivity index (χ4v) is 1.79. The summed E-state index contributed by atoms with van der Waals surface area (Å²) >= 11 is 0. The molecule has 0 rings (SSSR count). The average molecular weight is 211 g/mol. The van der Waals surface area contributed by atoms with E-state index in [4.69, 9.17) is 0 Å². The Labute approximate surface area is 96.3 Å². The molecule has 1 nitrogen and oxygen atoms in total. The minimum atomic E-state index is 0.810. The minimum Gasteiger partial charge on any atom is -0.317 e. The maximum atomic E-state index is 3.75. The van der Waals surface area contributed by atoms with E-state index in [2.05, 4.69) is 32.7 Å². The fraction of sp³-hybridized carbons (Fsp3) is 0.857. The summed E-state index contributed by atoms with van der Waals surface area (Å²) in [5.41, 5.74) is 0. The van der Waals surface area contributed by atoms with Gasteiger partial charge in [-0.3, -0.25) is 0 Å². The van der Waals surface area contributed by atoms with Crippen molar-refractivity contribution < 1.29 is 0 Å². The number of rotatable bonds is 10. The Kier molecular flexibility index (Phi) is 10.0. The quantitative estimate of drug-likeness (QED) is 0.425. The van der Waals surface area contributed by atoms with Gasteiger partial charge >= 0.3 is 0 Å². The Morgan fingerprint density at radius 1 is 1.13 bits per heavy atom. The molecule has 0 aliphatic carbocycles. The van der Waals surface area contributed by atoms with Crippen LogP contribution in [-0.4, -0.2) is 13.1 Å². The molecule has 90 valence electrons. The third-order valence-corrected chi connectivity index (χ3v) is 3.26. The summed E-state index contributed by atoms with van der Waals surface area (Å²) in [7, 11) is 0. The molecule has 0 aromatic carbocycles. The van der Waals surface area contributed by atoms with Gasteiger partial charge in [-0.15, -0.1) is 6.58 Å². The molecule has 0 spiro atoms. The first-order valence-corrected chi connectivity index (χ1v) is 6.54. The van der Waals surface area contributed by atoms with E-state index >= 15 is 0 Å². The van der Waals surface area contributed by atoms with Crippen LogP contribution in [0.5, 0.6) is 0 Å². The standard InChI is InChI=1S/C14H29N/c1-5-7-8-9-10-11-13(3)14(4)12-15-6-2/h5,13-15H,1,6-12H2,2-4H3. The molecule has 0 aliphatic rings. The zero-order chi connectivity index (χ0) is 11.5. The van der Waals surface area contributed by atoms with E-state index < -0.39 is 0 Å². The largest absolute Gasteiger partial charge is 0.317 e. The zero-order valence-electron chi connectivity index (χ0n) is 10.9. The van der Waals surface area contributed by atoms with E-state index in [1.54, 1.807) is 0 Å². The Hall–Kier alpha value is -0.300. The van der Waals surface area contributed by atoms with Crippen LogP contribution in [0, 0.1) is 11.8 Å². The molecule has 0 aliphatic heterocycles. The molecule has 0 heterocycles. The molecule has 0 amide bonds. The maximum absolute atomic E-state index is 3.75. The highest BCUT2D eigenvalue weighted by molar-refractivity contribution is 4.67. The fourth-order valence-electron chi connectivity index (χ4n) is 1.79. The molecule has 2 unspecified atom stereocenters. The lowest BCUT2D eigenvalue weighted by atomic mass is 9.90. The summed E-state index contributed by atoms with van der Waals surface area (Å²) in [4.78, 5) is 0. The summed E-state index contributed by atoms with van der Waals surface area (Å²) in [6, 6.07) is 0. The second-order valence-corrected chi connectivity index (χ2v) is 4.69. The summed E-state index contributed by atoms with van der Waals surface area (Å²) < 4.78 is 0. The molecule has 15 heavy (non-hydrogen) atoms. The van der Waals surface area contributed by atoms with Crippen LogP contribution in [0.25, 0.3) is 0 Å². The molecular weight excluding hydrogens is 182 g/mol. The zero-order valence-corrected chi connectivity index (χ0v) is 10.9. The Morgan fingerprint density at radius 3 is 2.47 bits per heavy atom. The van der Waals surface area contributed by atoms with E-state index in [1.165, 1.54) is 38.6 Å². The molecule has 2 atom stereocenters. The lowest BCUT2D eigenvalue weighted by Gasteiger charge is -2.19. The van der Waals surface area contributed by atoms with Crippen LogP contribution >= 0.6 is 0 Å². The van der Waals surface area contributed by atoms with Crippen molar-refractivity contribution in [2.45, 2.75) is 52.9 Å². The van der Waals surface area contributed by atoms with Crippen molar-refractivity contribution >= 4 is 0 Å². The first-order chi connectivity index (χ1) is 7.22. The molecule has 0 saturated carbocycles. The van der Waals surface area contributed by atoms with Gasteiger partial charge in [0, 0.05) is 0 Å². The topological polar surface area (TPSA) is 12.0 Å². The molecule has 0 bridgehead atoms. The molecule has 0 fully saturated rings. The van der Waals surface area contributed by atoms with Crippen LogP contribution < -0.4 is 5.32 Å². The van der Waals surface area contributed by atoms with E-state index in [0.29, 0.717) is 0 Å². The highest BCUT2D eigenvalue weighted by Gasteiger charge is 2.10. The predicted octanol–water partition coefficient (Wildman–Crippen LogP) is 4.00. The first-order valence-electron chi connectivity index (χ1n) is 6.54. The van der Waals surface area contributed by atoms with Crippen LogP contribution in [0.15, 0.2) is 12.7 Å². The first kappa shape index (κ1) is 14.7. The van der Waals surface area contributed by atoms with Gasteiger partial charge in [-0.05, 0) is 37.8 Å². The van der Waals surface area contributed by atoms with Gasteiger partial charge in [0.05, 0.1) is 0 Å². The smallest absolute Gasteiger partial charge is 0.00207 e. The lowest BCUT2D eigenvalue weighted by Crippen LogP contribution is -2.24. The summed E-state index contributed by atoms with van der Waals surface area (Å²) in [6.45, 7) is 12.9. The predicted molar refractivity (Wildman–Crippen MR) is 70.2 cm³/mol. The number of allylic oxidation sites excluding steroid dienone is 1. The maximum Gasteiger partial charge on any atom is -0.00207 e. The van der Waals surface area contributed by atoms with E-state index in [-0.39, 0.29) is 0 Å². The molecule has 1 N–H and O–H groups in total. The number of nitrogens with one attached hydrogen (secondary N) is 1. The van der Waals surface area contributed by atoms with Crippen molar-refractivity contribution in [3.05, 3.63) is 12.7 Å². The van der Waals surface area contributed by atoms with Crippen LogP contribution in [0.4, 0.5) is 0 Å². The highest BCUT2D eigenvalue weighted by Crippen LogP contribution is 2.18. The second kappa shape index (κ2) is 10.2. The Bertz CT molecular complexity index is 142. The molecule has 0 radical (unpaired) electrons. The van der Waals surface area contributed by atoms with Crippen LogP contribution in [0.3, 0.4) is 0 Å². The highest BCUT2D eigenvalue weighted by atomic mass is 14.8. The van der Waals surface area contributed by atoms with E-state index in [9.17, 15) is 0 Å². The average Bonchev–Trinajstić information content (AvgIpc) is 2.25. The summed E-state index contributed by atoms with van der Waals surface area (Å²) in [5.74, 6) is 1.66. The van der Waals surface area contributed by atoms with Crippen LogP contribution in [-0.2, 0) is 0 Å². The van der Waals surface area contributed by atoms with Crippen LogP contribution in [0.2, 0.25) is 0 Å². The number of hydrogen-bond acceptors (Lipinski definition) is 1. The van der Waals surface area contributed by atoms with Crippen LogP contribution in [0.1, 0.15) is 52.9 Å². The third kappa shape index (κ3) is 8.68. The van der Waals surface area contributed by atoms with Crippen molar-refractivity contribution in [1.29, 1.82) is 0 Å². The lowest BCUT2D eigenvalue weighted by molar-refractivity contribution is 0.339. The number of unbranched alkanes of at least 4 members (excludes halogenated alkanes) is 3. The van der Waals surface area contributed by atoms with Gasteiger partial charge in [0.1, 0.15) is 0 Å². The minimum absolute atomic E-state index is 0.810. The van der Waals surface area contributed by atoms with Crippen molar-refractivity contribution in [2.75, 3.05) is 13.1 Å². The van der Waals surface area contributed by atoms with Gasteiger partial charge in [0.25, 0.3) is 0 Å². The van der Waals surface area contributed by atoms with Gasteiger partial charge in [-0.1, -0.05) is 46.1 Å². The van der Waals surface area contributed by atoms with Crippen molar-refractivity contribution in [2.24, 2.45) is 11.8 Å². The van der Waals surface area contributed by atoms with Crippen molar-refractivity contribution in [1.82, 2.24) is 5.32 Å². The van der Waals surface area contributed by atoms with Gasteiger partial charge in [-0.2, -0.15) is 0 Å². The van der Waals surface area contributed by atoms with Gasteiger partial charge in [0.15, 0.2) is 0 Å². The van der Waals surface area contributed by atoms with Gasteiger partial charge in [0.2, 0.25) is 0 Å². The second-order valence-electron chi connectivity index (χ2n) is 4.69. The summed E-state index contributed by atoms with van der Waals surface area (Å²) in [5, 5.41) is 3.43. The monoisotopic (exact) mass is 211 g/mol. The van der Waals surface area contributed by atoms with Crippen molar-refractivity contribution in [3.8, 4) is 0 Å². The number of hydrogen-bond donors (Lipinski definition) is 1. The summed E-state index contributed by atoms with van der Waals surface area (Å²) in [6.07, 6.45) is 8.65. The SMILES string of the molecule is C=CCCCCCC(C)C(C)CNCC. The molecule has 1 heteroatoms. The van der Waals surface area contributed by atoms with Gasteiger partial charge in [-0.25, -0.2) is 0 Å². The Morgan fingerprint density at radius 2 is 1.87 bits per heavy atom. The molecule has 0 aromatic heterocycles. The Balaban J connectivity index is 3.37. The molecule has 0 saturated heterocycles.